The van der Waals surface area contributed by atoms with E-state index >= 15 is 0 Å². The molecule has 0 aromatic rings. The van der Waals surface area contributed by atoms with Gasteiger partial charge in [-0.05, 0) is 13.3 Å². The van der Waals surface area contributed by atoms with Crippen molar-refractivity contribution in [3.8, 4) is 0 Å². The quantitative estimate of drug-likeness (QED) is 0.275. The number of ether oxygens (including phenoxy) is 2. The number of unbranched alkanes of at least 4 members (excludes halogenated alkanes) is 1. The largest absolute Gasteiger partial charge is 0.501 e. The number of allylic oxidation sites excluding steroid dienone is 1. The third kappa shape index (κ3) is 5.77. The van der Waals surface area contributed by atoms with Crippen LogP contribution in [-0.2, 0) is 14.3 Å². The fourth-order valence-corrected chi connectivity index (χ4v) is 0.584. The Hall–Kier alpha value is -0.990. The van der Waals surface area contributed by atoms with Crippen LogP contribution in [0.3, 0.4) is 0 Å². The number of carbonyl (C=O) groups excluding carboxylic acids is 1. The Morgan fingerprint density at radius 1 is 1.50 bits per heavy atom. The average Bonchev–Trinajstić information content (AvgIpc) is 2.05. The summed E-state index contributed by atoms with van der Waals surface area (Å²) in [7, 11) is 1.52. The second-order valence-electron chi connectivity index (χ2n) is 2.48. The Kier molecular flexibility index (Phi) is 6.15. The van der Waals surface area contributed by atoms with Crippen LogP contribution in [-0.4, -0.2) is 19.7 Å². The van der Waals surface area contributed by atoms with E-state index in [1.54, 1.807) is 6.92 Å². The maximum absolute atomic E-state index is 10.9. The predicted molar refractivity (Wildman–Crippen MR) is 46.6 cm³/mol. The molecule has 12 heavy (non-hydrogen) atoms. The average molecular weight is 172 g/mol. The molecule has 0 bridgehead atoms. The molecule has 0 heterocycles. The number of esters is 1. The van der Waals surface area contributed by atoms with Gasteiger partial charge >= 0.3 is 5.97 Å². The third-order valence-corrected chi connectivity index (χ3v) is 1.39. The molecule has 0 spiro atoms. The van der Waals surface area contributed by atoms with Crippen LogP contribution in [0.5, 0.6) is 0 Å². The van der Waals surface area contributed by atoms with Gasteiger partial charge < -0.3 is 9.47 Å². The Morgan fingerprint density at radius 2 is 2.17 bits per heavy atom. The normalized spacial score (nSPS) is 11.1. The summed E-state index contributed by atoms with van der Waals surface area (Å²) in [6.07, 6.45) is 3.28. The van der Waals surface area contributed by atoms with E-state index in [1.165, 1.54) is 13.2 Å². The van der Waals surface area contributed by atoms with E-state index in [0.29, 0.717) is 12.4 Å². The summed E-state index contributed by atoms with van der Waals surface area (Å²) >= 11 is 0. The molecule has 0 amide bonds. The van der Waals surface area contributed by atoms with Crippen LogP contribution in [0, 0.1) is 0 Å². The summed E-state index contributed by atoms with van der Waals surface area (Å²) in [4.78, 5) is 10.9. The molecular formula is C9H16O3. The van der Waals surface area contributed by atoms with Crippen molar-refractivity contribution in [2.24, 2.45) is 0 Å². The van der Waals surface area contributed by atoms with Crippen LogP contribution >= 0.6 is 0 Å². The lowest BCUT2D eigenvalue weighted by Crippen LogP contribution is -2.03. The summed E-state index contributed by atoms with van der Waals surface area (Å²) in [5.41, 5.74) is 0. The second kappa shape index (κ2) is 6.70. The van der Waals surface area contributed by atoms with Gasteiger partial charge in [-0.2, -0.15) is 0 Å². The standard InChI is InChI=1S/C9H16O3/c1-4-5-6-12-9(10)7-8(2)11-3/h7H,4-6H2,1-3H3/b8-7+. The Bertz CT molecular complexity index is 161. The summed E-state index contributed by atoms with van der Waals surface area (Å²) < 4.78 is 9.65. The molecule has 0 rings (SSSR count). The van der Waals surface area contributed by atoms with Gasteiger partial charge in [0.1, 0.15) is 0 Å². The minimum absolute atomic E-state index is 0.331. The van der Waals surface area contributed by atoms with Gasteiger partial charge in [0, 0.05) is 0 Å². The molecule has 0 aliphatic carbocycles. The molecule has 0 atom stereocenters. The van der Waals surface area contributed by atoms with Gasteiger partial charge in [-0.3, -0.25) is 0 Å². The van der Waals surface area contributed by atoms with Crippen molar-refractivity contribution in [2.75, 3.05) is 13.7 Å². The Labute approximate surface area is 73.4 Å². The van der Waals surface area contributed by atoms with Gasteiger partial charge in [-0.25, -0.2) is 4.79 Å². The number of methoxy groups -OCH3 is 1. The lowest BCUT2D eigenvalue weighted by molar-refractivity contribution is -0.138. The topological polar surface area (TPSA) is 35.5 Å². The van der Waals surface area contributed by atoms with Crippen molar-refractivity contribution in [3.63, 3.8) is 0 Å². The Morgan fingerprint density at radius 3 is 2.67 bits per heavy atom. The molecule has 0 aromatic heterocycles. The molecule has 0 fully saturated rings. The number of hydrogen-bond acceptors (Lipinski definition) is 3. The van der Waals surface area contributed by atoms with Gasteiger partial charge in [-0.15, -0.1) is 0 Å². The first-order valence-electron chi connectivity index (χ1n) is 4.09. The molecule has 0 saturated carbocycles. The zero-order valence-electron chi connectivity index (χ0n) is 7.92. The van der Waals surface area contributed by atoms with E-state index in [2.05, 4.69) is 0 Å². The van der Waals surface area contributed by atoms with Crippen molar-refractivity contribution in [1.82, 2.24) is 0 Å². The van der Waals surface area contributed by atoms with Crippen LogP contribution in [0.25, 0.3) is 0 Å². The van der Waals surface area contributed by atoms with Crippen molar-refractivity contribution in [3.05, 3.63) is 11.8 Å². The van der Waals surface area contributed by atoms with Crippen LogP contribution in [0.4, 0.5) is 0 Å². The highest BCUT2D eigenvalue weighted by Gasteiger charge is 1.97. The maximum atomic E-state index is 10.9. The lowest BCUT2D eigenvalue weighted by Gasteiger charge is -2.00. The molecule has 0 unspecified atom stereocenters. The minimum atomic E-state index is -0.331. The second-order valence-corrected chi connectivity index (χ2v) is 2.48. The highest BCUT2D eigenvalue weighted by atomic mass is 16.5. The molecule has 3 nitrogen and oxygen atoms in total. The molecule has 0 aliphatic heterocycles. The first-order valence-corrected chi connectivity index (χ1v) is 4.09. The van der Waals surface area contributed by atoms with E-state index in [-0.39, 0.29) is 5.97 Å². The van der Waals surface area contributed by atoms with Crippen molar-refractivity contribution in [1.29, 1.82) is 0 Å². The van der Waals surface area contributed by atoms with Crippen LogP contribution in [0.1, 0.15) is 26.7 Å². The van der Waals surface area contributed by atoms with Crippen molar-refractivity contribution >= 4 is 5.97 Å². The minimum Gasteiger partial charge on any atom is -0.501 e. The van der Waals surface area contributed by atoms with E-state index in [9.17, 15) is 4.79 Å². The van der Waals surface area contributed by atoms with Crippen molar-refractivity contribution in [2.45, 2.75) is 26.7 Å². The molecule has 0 aliphatic rings. The molecule has 3 heteroatoms. The lowest BCUT2D eigenvalue weighted by atomic mass is 10.4. The van der Waals surface area contributed by atoms with Crippen LogP contribution in [0.2, 0.25) is 0 Å². The monoisotopic (exact) mass is 172 g/mol. The number of rotatable bonds is 5. The highest BCUT2D eigenvalue weighted by Crippen LogP contribution is 1.95. The van der Waals surface area contributed by atoms with E-state index in [1.807, 2.05) is 6.92 Å². The zero-order valence-corrected chi connectivity index (χ0v) is 7.92. The molecular weight excluding hydrogens is 156 g/mol. The summed E-state index contributed by atoms with van der Waals surface area (Å²) in [5, 5.41) is 0. The molecule has 0 saturated heterocycles. The first kappa shape index (κ1) is 11.0. The molecule has 0 radical (unpaired) electrons. The summed E-state index contributed by atoms with van der Waals surface area (Å²) in [6.45, 7) is 4.24. The van der Waals surface area contributed by atoms with E-state index in [0.717, 1.165) is 12.8 Å². The van der Waals surface area contributed by atoms with Gasteiger partial charge in [-0.1, -0.05) is 13.3 Å². The molecule has 70 valence electrons. The number of hydrogen-bond donors (Lipinski definition) is 0. The smallest absolute Gasteiger partial charge is 0.334 e. The van der Waals surface area contributed by atoms with E-state index < -0.39 is 0 Å². The fourth-order valence-electron chi connectivity index (χ4n) is 0.584. The van der Waals surface area contributed by atoms with Gasteiger partial charge in [0.15, 0.2) is 0 Å². The zero-order chi connectivity index (χ0) is 9.40. The predicted octanol–water partition coefficient (Wildman–Crippen LogP) is 1.88. The van der Waals surface area contributed by atoms with Gasteiger partial charge in [0.25, 0.3) is 0 Å². The van der Waals surface area contributed by atoms with Crippen molar-refractivity contribution < 1.29 is 14.3 Å². The number of carbonyl (C=O) groups is 1. The third-order valence-electron chi connectivity index (χ3n) is 1.39. The summed E-state index contributed by atoms with van der Waals surface area (Å²) in [6, 6.07) is 0. The first-order chi connectivity index (χ1) is 5.70. The Balaban J connectivity index is 3.59. The highest BCUT2D eigenvalue weighted by molar-refractivity contribution is 5.82. The van der Waals surface area contributed by atoms with Crippen LogP contribution < -0.4 is 0 Å². The summed E-state index contributed by atoms with van der Waals surface area (Å²) in [5.74, 6) is 0.235. The maximum Gasteiger partial charge on any atom is 0.334 e. The van der Waals surface area contributed by atoms with E-state index in [4.69, 9.17) is 9.47 Å². The molecule has 0 N–H and O–H groups in total. The SMILES string of the molecule is CCCCOC(=O)/C=C(\C)OC. The molecule has 0 aromatic carbocycles. The van der Waals surface area contributed by atoms with Crippen LogP contribution in [0.15, 0.2) is 11.8 Å². The van der Waals surface area contributed by atoms with Gasteiger partial charge in [0.05, 0.1) is 25.6 Å². The fraction of sp³-hybridized carbons (Fsp3) is 0.667. The van der Waals surface area contributed by atoms with Gasteiger partial charge in [0.2, 0.25) is 0 Å².